The van der Waals surface area contributed by atoms with Gasteiger partial charge in [-0.2, -0.15) is 5.10 Å². The van der Waals surface area contributed by atoms with Crippen molar-refractivity contribution in [1.29, 1.82) is 0 Å². The number of anilines is 1. The van der Waals surface area contributed by atoms with E-state index in [9.17, 15) is 9.59 Å². The van der Waals surface area contributed by atoms with Gasteiger partial charge in [0.05, 0.1) is 17.7 Å². The number of hydrogen-bond donors (Lipinski definition) is 2. The summed E-state index contributed by atoms with van der Waals surface area (Å²) in [5.74, 6) is -1.11. The second-order valence-corrected chi connectivity index (χ2v) is 5.45. The van der Waals surface area contributed by atoms with Gasteiger partial charge in [0, 0.05) is 18.4 Å². The Balaban J connectivity index is 1.64. The fourth-order valence-electron chi connectivity index (χ4n) is 2.51. The van der Waals surface area contributed by atoms with Crippen LogP contribution in [0.4, 0.5) is 5.69 Å². The predicted octanol–water partition coefficient (Wildman–Crippen LogP) is 2.34. The summed E-state index contributed by atoms with van der Waals surface area (Å²) in [6, 6.07) is 7.35. The van der Waals surface area contributed by atoms with Gasteiger partial charge >= 0.3 is 5.97 Å². The van der Waals surface area contributed by atoms with Gasteiger partial charge in [-0.3, -0.25) is 14.3 Å². The molecule has 2 N–H and O–H groups in total. The maximum Gasteiger partial charge on any atom is 0.307 e. The molecule has 6 nitrogen and oxygen atoms in total. The molecule has 1 heterocycles. The molecule has 0 bridgehead atoms. The molecular formula is C16H17N3O3. The Morgan fingerprint density at radius 3 is 2.64 bits per heavy atom. The normalized spacial score (nSPS) is 19.7. The van der Waals surface area contributed by atoms with Crippen LogP contribution in [-0.2, 0) is 11.3 Å². The number of carboxylic acid groups (broad SMARTS) is 1. The maximum atomic E-state index is 12.1. The Bertz CT molecular complexity index is 706. The Morgan fingerprint density at radius 1 is 1.36 bits per heavy atom. The van der Waals surface area contributed by atoms with Crippen molar-refractivity contribution >= 4 is 17.6 Å². The molecule has 0 radical (unpaired) electrons. The van der Waals surface area contributed by atoms with Gasteiger partial charge in [0.2, 0.25) is 0 Å². The molecule has 2 atom stereocenters. The van der Waals surface area contributed by atoms with Crippen molar-refractivity contribution in [1.82, 2.24) is 9.78 Å². The predicted molar refractivity (Wildman–Crippen MR) is 80.8 cm³/mol. The molecule has 1 amide bonds. The summed E-state index contributed by atoms with van der Waals surface area (Å²) < 4.78 is 1.69. The Hall–Kier alpha value is -2.63. The summed E-state index contributed by atoms with van der Waals surface area (Å²) in [4.78, 5) is 23.0. The monoisotopic (exact) mass is 299 g/mol. The summed E-state index contributed by atoms with van der Waals surface area (Å²) in [6.45, 7) is 2.67. The Kier molecular flexibility index (Phi) is 3.66. The quantitative estimate of drug-likeness (QED) is 0.887. The zero-order valence-corrected chi connectivity index (χ0v) is 12.2. The van der Waals surface area contributed by atoms with Crippen LogP contribution in [-0.4, -0.2) is 26.8 Å². The molecule has 0 unspecified atom stereocenters. The van der Waals surface area contributed by atoms with Crippen LogP contribution in [0.5, 0.6) is 0 Å². The van der Waals surface area contributed by atoms with Crippen molar-refractivity contribution in [2.75, 3.05) is 5.32 Å². The smallest absolute Gasteiger partial charge is 0.307 e. The van der Waals surface area contributed by atoms with Gasteiger partial charge in [-0.1, -0.05) is 12.1 Å². The van der Waals surface area contributed by atoms with Gasteiger partial charge < -0.3 is 10.4 Å². The van der Waals surface area contributed by atoms with Crippen LogP contribution in [0.25, 0.3) is 0 Å². The molecule has 2 aromatic rings. The summed E-state index contributed by atoms with van der Waals surface area (Å²) >= 11 is 0. The average molecular weight is 299 g/mol. The number of benzene rings is 1. The number of nitrogens with one attached hydrogen (secondary N) is 1. The molecule has 0 saturated heterocycles. The third kappa shape index (κ3) is 2.86. The molecule has 114 valence electrons. The number of carbonyl (C=O) groups excluding carboxylic acids is 1. The molecule has 1 aromatic heterocycles. The lowest BCUT2D eigenvalue weighted by atomic mass is 10.1. The first kappa shape index (κ1) is 14.3. The lowest BCUT2D eigenvalue weighted by Crippen LogP contribution is -2.11. The van der Waals surface area contributed by atoms with Gasteiger partial charge in [0.15, 0.2) is 0 Å². The Morgan fingerprint density at radius 2 is 2.09 bits per heavy atom. The van der Waals surface area contributed by atoms with E-state index in [2.05, 4.69) is 10.4 Å². The number of hydrogen-bond acceptors (Lipinski definition) is 3. The number of carbonyl (C=O) groups is 2. The molecule has 22 heavy (non-hydrogen) atoms. The van der Waals surface area contributed by atoms with Crippen molar-refractivity contribution in [3.05, 3.63) is 47.8 Å². The van der Waals surface area contributed by atoms with Crippen molar-refractivity contribution in [2.24, 2.45) is 5.92 Å². The summed E-state index contributed by atoms with van der Waals surface area (Å²) in [6.07, 6.45) is 3.93. The van der Waals surface area contributed by atoms with Crippen LogP contribution < -0.4 is 5.32 Å². The number of rotatable bonds is 5. The third-order valence-corrected chi connectivity index (χ3v) is 3.92. The lowest BCUT2D eigenvalue weighted by Gasteiger charge is -2.05. The molecule has 1 aliphatic rings. The fourth-order valence-corrected chi connectivity index (χ4v) is 2.51. The van der Waals surface area contributed by atoms with E-state index in [1.165, 1.54) is 6.20 Å². The molecular weight excluding hydrogens is 282 g/mol. The molecule has 1 aromatic carbocycles. The van der Waals surface area contributed by atoms with E-state index in [0.717, 1.165) is 5.56 Å². The van der Waals surface area contributed by atoms with E-state index in [0.29, 0.717) is 24.2 Å². The minimum absolute atomic E-state index is 0.102. The van der Waals surface area contributed by atoms with Crippen LogP contribution in [0.15, 0.2) is 36.7 Å². The van der Waals surface area contributed by atoms with Crippen molar-refractivity contribution in [2.45, 2.75) is 25.8 Å². The Labute approximate surface area is 127 Å². The highest BCUT2D eigenvalue weighted by atomic mass is 16.4. The van der Waals surface area contributed by atoms with Crippen molar-refractivity contribution in [3.8, 4) is 0 Å². The van der Waals surface area contributed by atoms with Crippen LogP contribution in [0, 0.1) is 5.92 Å². The number of nitrogens with zero attached hydrogens (tertiary/aromatic N) is 2. The second kappa shape index (κ2) is 5.63. The standard InChI is InChI=1S/C16H17N3O3/c1-2-19-9-11(8-17-19)15(20)18-12-5-3-10(4-6-12)13-7-14(13)16(21)22/h3-6,8-9,13-14H,2,7H2,1H3,(H,18,20)(H,21,22)/t13-,14+/m0/s1. The molecule has 6 heteroatoms. The van der Waals surface area contributed by atoms with Gasteiger partial charge in [-0.05, 0) is 37.0 Å². The summed E-state index contributed by atoms with van der Waals surface area (Å²) in [5.41, 5.74) is 2.20. The highest BCUT2D eigenvalue weighted by Crippen LogP contribution is 2.47. The lowest BCUT2D eigenvalue weighted by molar-refractivity contribution is -0.138. The molecule has 0 aliphatic heterocycles. The van der Waals surface area contributed by atoms with E-state index >= 15 is 0 Å². The number of aryl methyl sites for hydroxylation is 1. The van der Waals surface area contributed by atoms with Gasteiger partial charge in [0.25, 0.3) is 5.91 Å². The van der Waals surface area contributed by atoms with Crippen molar-refractivity contribution < 1.29 is 14.7 Å². The molecule has 3 rings (SSSR count). The van der Waals surface area contributed by atoms with Crippen molar-refractivity contribution in [3.63, 3.8) is 0 Å². The fraction of sp³-hybridized carbons (Fsp3) is 0.312. The van der Waals surface area contributed by atoms with Crippen LogP contribution in [0.3, 0.4) is 0 Å². The minimum atomic E-state index is -0.740. The van der Waals surface area contributed by atoms with E-state index in [1.54, 1.807) is 23.0 Å². The molecule has 1 saturated carbocycles. The second-order valence-electron chi connectivity index (χ2n) is 5.45. The zero-order valence-electron chi connectivity index (χ0n) is 12.2. The van der Waals surface area contributed by atoms with Gasteiger partial charge in [0.1, 0.15) is 0 Å². The highest BCUT2D eigenvalue weighted by Gasteiger charge is 2.43. The van der Waals surface area contributed by atoms with Crippen LogP contribution in [0.1, 0.15) is 35.2 Å². The maximum absolute atomic E-state index is 12.1. The van der Waals surface area contributed by atoms with Crippen LogP contribution in [0.2, 0.25) is 0 Å². The number of aromatic nitrogens is 2. The number of aliphatic carboxylic acids is 1. The third-order valence-electron chi connectivity index (χ3n) is 3.92. The average Bonchev–Trinajstić information content (AvgIpc) is 3.17. The van der Waals surface area contributed by atoms with Gasteiger partial charge in [-0.15, -0.1) is 0 Å². The van der Waals surface area contributed by atoms with E-state index in [4.69, 9.17) is 5.11 Å². The van der Waals surface area contributed by atoms with E-state index < -0.39 is 5.97 Å². The highest BCUT2D eigenvalue weighted by molar-refractivity contribution is 6.03. The molecule has 0 spiro atoms. The van der Waals surface area contributed by atoms with Crippen LogP contribution >= 0.6 is 0 Å². The first-order valence-corrected chi connectivity index (χ1v) is 7.25. The largest absolute Gasteiger partial charge is 0.481 e. The zero-order chi connectivity index (χ0) is 15.7. The first-order chi connectivity index (χ1) is 10.6. The van der Waals surface area contributed by atoms with E-state index in [1.807, 2.05) is 19.1 Å². The number of carboxylic acids is 1. The summed E-state index contributed by atoms with van der Waals surface area (Å²) in [7, 11) is 0. The number of amides is 1. The molecule has 1 aliphatic carbocycles. The summed E-state index contributed by atoms with van der Waals surface area (Å²) in [5, 5.41) is 15.8. The SMILES string of the molecule is CCn1cc(C(=O)Nc2ccc([C@@H]3C[C@H]3C(=O)O)cc2)cn1. The first-order valence-electron chi connectivity index (χ1n) is 7.25. The minimum Gasteiger partial charge on any atom is -0.481 e. The molecule has 1 fully saturated rings. The van der Waals surface area contributed by atoms with Gasteiger partial charge in [-0.25, -0.2) is 0 Å². The topological polar surface area (TPSA) is 84.2 Å². The van der Waals surface area contributed by atoms with E-state index in [-0.39, 0.29) is 17.7 Å².